The minimum atomic E-state index is -1.91. The summed E-state index contributed by atoms with van der Waals surface area (Å²) in [6, 6.07) is 5.56. The van der Waals surface area contributed by atoms with Crippen LogP contribution < -0.4 is 70.4 Å². The smallest absolute Gasteiger partial charge is 0.303 e. The molecule has 30 heteroatoms. The SMILES string of the molecule is CC(=O)NC(CCCCN)C(=O)NC(CCC(=O)O)C(=O)NC(Cc1ccc(O)cc1)C(=O)NC(Cc1ccccc1)C(=O)NC(Cc1ccc(O)cc1)C(=O)NC(C(=O)NC(CO)C(=O)NCC(=O)NC(CCCCN)C(=O)NC(C)C(N)=O)C(C)O. The van der Waals surface area contributed by atoms with Crippen molar-refractivity contribution in [1.29, 1.82) is 0 Å². The molecule has 10 unspecified atom stereocenters. The number of nitrogens with one attached hydrogen (secondary N) is 10. The number of aliphatic hydroxyl groups is 2. The lowest BCUT2D eigenvalue weighted by Gasteiger charge is -2.28. The summed E-state index contributed by atoms with van der Waals surface area (Å²) in [5.41, 5.74) is 17.6. The van der Waals surface area contributed by atoms with Crippen LogP contribution in [-0.2, 0) is 76.8 Å². The van der Waals surface area contributed by atoms with Crippen LogP contribution >= 0.6 is 0 Å². The van der Waals surface area contributed by atoms with Gasteiger partial charge in [-0.25, -0.2) is 0 Å². The van der Waals surface area contributed by atoms with E-state index in [-0.39, 0.29) is 56.7 Å². The van der Waals surface area contributed by atoms with E-state index in [0.29, 0.717) is 42.4 Å². The number of phenols is 2. The Morgan fingerprint density at radius 2 is 0.864 bits per heavy atom. The first-order valence-corrected chi connectivity index (χ1v) is 28.5. The van der Waals surface area contributed by atoms with Gasteiger partial charge in [0.05, 0.1) is 19.3 Å². The van der Waals surface area contributed by atoms with Gasteiger partial charge in [0.2, 0.25) is 65.0 Å². The fourth-order valence-corrected chi connectivity index (χ4v) is 8.64. The molecule has 482 valence electrons. The molecule has 3 rings (SSSR count). The summed E-state index contributed by atoms with van der Waals surface area (Å²) in [5.74, 6) is -12.0. The highest BCUT2D eigenvalue weighted by Crippen LogP contribution is 2.16. The Hall–Kier alpha value is -9.26. The molecular formula is C58H83N13O17. The number of nitrogens with two attached hydrogens (primary N) is 3. The van der Waals surface area contributed by atoms with Crippen molar-refractivity contribution in [2.24, 2.45) is 17.2 Å². The molecule has 0 aliphatic heterocycles. The number of aliphatic hydroxyl groups excluding tert-OH is 2. The van der Waals surface area contributed by atoms with E-state index in [2.05, 4.69) is 53.2 Å². The lowest BCUT2D eigenvalue weighted by molar-refractivity contribution is -0.138. The summed E-state index contributed by atoms with van der Waals surface area (Å²) in [4.78, 5) is 160. The van der Waals surface area contributed by atoms with E-state index in [1.54, 1.807) is 30.3 Å². The molecule has 3 aromatic carbocycles. The van der Waals surface area contributed by atoms with Crippen LogP contribution in [0.1, 0.15) is 88.8 Å². The second-order valence-corrected chi connectivity index (χ2v) is 20.9. The molecule has 0 fully saturated rings. The minimum Gasteiger partial charge on any atom is -0.508 e. The predicted molar refractivity (Wildman–Crippen MR) is 316 cm³/mol. The van der Waals surface area contributed by atoms with E-state index < -0.39 is 157 Å². The second-order valence-electron chi connectivity index (χ2n) is 20.9. The number of carboxylic acids is 1. The monoisotopic (exact) mass is 1230 g/mol. The Morgan fingerprint density at radius 3 is 1.28 bits per heavy atom. The lowest BCUT2D eigenvalue weighted by Crippen LogP contribution is -2.62. The molecule has 0 aliphatic rings. The molecule has 88 heavy (non-hydrogen) atoms. The molecule has 0 aromatic heterocycles. The number of phenolic OH excluding ortho intramolecular Hbond substituents is 2. The first kappa shape index (κ1) is 73.0. The highest BCUT2D eigenvalue weighted by molar-refractivity contribution is 5.99. The predicted octanol–water partition coefficient (Wildman–Crippen LogP) is -4.37. The van der Waals surface area contributed by atoms with E-state index in [0.717, 1.165) is 6.92 Å². The van der Waals surface area contributed by atoms with Crippen molar-refractivity contribution in [1.82, 2.24) is 53.2 Å². The number of hydrogen-bond donors (Lipinski definition) is 18. The van der Waals surface area contributed by atoms with Crippen molar-refractivity contribution in [3.8, 4) is 11.5 Å². The maximum atomic E-state index is 14.8. The topological polar surface area (TPSA) is 504 Å². The van der Waals surface area contributed by atoms with Crippen molar-refractivity contribution in [2.75, 3.05) is 26.2 Å². The van der Waals surface area contributed by atoms with Crippen LogP contribution in [0.2, 0.25) is 0 Å². The van der Waals surface area contributed by atoms with Crippen molar-refractivity contribution in [3.05, 3.63) is 95.6 Å². The average Bonchev–Trinajstić information content (AvgIpc) is 3.60. The Bertz CT molecular complexity index is 2830. The Morgan fingerprint density at radius 1 is 0.466 bits per heavy atom. The van der Waals surface area contributed by atoms with Gasteiger partial charge in [0, 0.05) is 32.6 Å². The van der Waals surface area contributed by atoms with Gasteiger partial charge in [-0.15, -0.1) is 0 Å². The maximum Gasteiger partial charge on any atom is 0.303 e. The fraction of sp³-hybridized carbons (Fsp3) is 0.483. The van der Waals surface area contributed by atoms with E-state index >= 15 is 0 Å². The largest absolute Gasteiger partial charge is 0.508 e. The van der Waals surface area contributed by atoms with Gasteiger partial charge in [-0.2, -0.15) is 0 Å². The molecule has 11 amide bonds. The number of carbonyl (C=O) groups excluding carboxylic acids is 11. The van der Waals surface area contributed by atoms with Gasteiger partial charge in [0.1, 0.15) is 65.9 Å². The zero-order valence-corrected chi connectivity index (χ0v) is 49.3. The maximum absolute atomic E-state index is 14.8. The summed E-state index contributed by atoms with van der Waals surface area (Å²) in [6.45, 7) is 2.35. The summed E-state index contributed by atoms with van der Waals surface area (Å²) in [7, 11) is 0. The summed E-state index contributed by atoms with van der Waals surface area (Å²) >= 11 is 0. The number of primary amides is 1. The van der Waals surface area contributed by atoms with E-state index in [4.69, 9.17) is 17.2 Å². The van der Waals surface area contributed by atoms with Gasteiger partial charge in [-0.3, -0.25) is 57.5 Å². The van der Waals surface area contributed by atoms with Crippen molar-refractivity contribution in [2.45, 2.75) is 152 Å². The Kier molecular flexibility index (Phi) is 31.5. The lowest BCUT2D eigenvalue weighted by atomic mass is 10.00. The van der Waals surface area contributed by atoms with Crippen LogP contribution in [0.15, 0.2) is 78.9 Å². The Labute approximate surface area is 508 Å². The zero-order valence-electron chi connectivity index (χ0n) is 49.3. The van der Waals surface area contributed by atoms with Gasteiger partial charge in [0.15, 0.2) is 0 Å². The zero-order chi connectivity index (χ0) is 65.5. The molecule has 21 N–H and O–H groups in total. The molecule has 10 atom stereocenters. The van der Waals surface area contributed by atoms with Crippen LogP contribution in [0.5, 0.6) is 11.5 Å². The molecule has 3 aromatic rings. The molecule has 0 radical (unpaired) electrons. The quantitative estimate of drug-likeness (QED) is 0.0240. The Balaban J connectivity index is 1.96. The van der Waals surface area contributed by atoms with Crippen LogP contribution in [-0.4, -0.2) is 183 Å². The standard InChI is InChI=1S/C58H83N13O17/c1-32(50(61)80)63-52(82)41(14-8-10-26-60)65-47(77)30-62-51(81)46(31-72)70-58(88)49(33(2)73)71-57(87)45(29-37-17-21-39(76)22-18-37)69-55(85)43(27-35-11-5-4-6-12-35)68-56(86)44(28-36-15-19-38(75)20-16-36)67-54(84)42(23-24-48(78)79)66-53(83)40(64-34(3)74)13-7-9-25-59/h4-6,11-12,15-22,32-33,40-46,49,72-73,75-76H,7-10,13-14,23-31,59-60H2,1-3H3,(H2,61,80)(H,62,81)(H,63,82)(H,64,74)(H,65,77)(H,66,83)(H,67,84)(H,68,86)(H,69,85)(H,70,88)(H,71,87)(H,78,79). The molecule has 0 saturated carbocycles. The van der Waals surface area contributed by atoms with Crippen molar-refractivity contribution < 1.29 is 83.1 Å². The number of aromatic hydroxyl groups is 2. The van der Waals surface area contributed by atoms with Gasteiger partial charge >= 0.3 is 5.97 Å². The summed E-state index contributed by atoms with van der Waals surface area (Å²) in [5, 5.41) is 75.2. The average molecular weight is 1230 g/mol. The van der Waals surface area contributed by atoms with Crippen LogP contribution in [0.4, 0.5) is 0 Å². The molecular weight excluding hydrogens is 1150 g/mol. The summed E-state index contributed by atoms with van der Waals surface area (Å²) < 4.78 is 0. The third-order valence-electron chi connectivity index (χ3n) is 13.5. The van der Waals surface area contributed by atoms with E-state index in [1.807, 2.05) is 0 Å². The van der Waals surface area contributed by atoms with Crippen LogP contribution in [0, 0.1) is 0 Å². The third-order valence-corrected chi connectivity index (χ3v) is 13.5. The highest BCUT2D eigenvalue weighted by Gasteiger charge is 2.36. The fourth-order valence-electron chi connectivity index (χ4n) is 8.64. The second kappa shape index (κ2) is 38.0. The number of carbonyl (C=O) groups is 12. The normalized spacial score (nSPS) is 14.4. The van der Waals surface area contributed by atoms with Gasteiger partial charge < -0.3 is 95.9 Å². The third kappa shape index (κ3) is 26.6. The van der Waals surface area contributed by atoms with Crippen molar-refractivity contribution >= 4 is 70.9 Å². The van der Waals surface area contributed by atoms with Crippen molar-refractivity contribution in [3.63, 3.8) is 0 Å². The van der Waals surface area contributed by atoms with E-state index in [1.165, 1.54) is 62.4 Å². The molecule has 0 heterocycles. The number of amides is 11. The van der Waals surface area contributed by atoms with Crippen LogP contribution in [0.25, 0.3) is 0 Å². The molecule has 0 bridgehead atoms. The van der Waals surface area contributed by atoms with Gasteiger partial charge in [-0.1, -0.05) is 54.6 Å². The molecule has 0 spiro atoms. The van der Waals surface area contributed by atoms with E-state index in [9.17, 15) is 83.1 Å². The first-order valence-electron chi connectivity index (χ1n) is 28.5. The number of carboxylic acid groups (broad SMARTS) is 1. The molecule has 0 saturated heterocycles. The first-order chi connectivity index (χ1) is 41.7. The number of aliphatic carboxylic acids is 1. The number of rotatable bonds is 39. The number of unbranched alkanes of at least 4 members (excludes halogenated alkanes) is 2. The number of benzene rings is 3. The molecule has 0 aliphatic carbocycles. The van der Waals surface area contributed by atoms with Gasteiger partial charge in [-0.05, 0) is 113 Å². The minimum absolute atomic E-state index is 0.0947. The summed E-state index contributed by atoms with van der Waals surface area (Å²) in [6.07, 6.45) is -1.78. The highest BCUT2D eigenvalue weighted by atomic mass is 16.4. The molecule has 30 nitrogen and oxygen atoms in total. The van der Waals surface area contributed by atoms with Crippen LogP contribution in [0.3, 0.4) is 0 Å². The number of hydrogen-bond acceptors (Lipinski definition) is 18. The van der Waals surface area contributed by atoms with Gasteiger partial charge in [0.25, 0.3) is 0 Å².